The first kappa shape index (κ1) is 20.1. The van der Waals surface area contributed by atoms with Crippen LogP contribution in [-0.2, 0) is 11.2 Å². The van der Waals surface area contributed by atoms with E-state index in [1.54, 1.807) is 24.1 Å². The maximum absolute atomic E-state index is 12.9. The summed E-state index contributed by atoms with van der Waals surface area (Å²) >= 11 is 3.45. The molecule has 152 valence electrons. The van der Waals surface area contributed by atoms with Crippen LogP contribution in [0.25, 0.3) is 0 Å². The van der Waals surface area contributed by atoms with Gasteiger partial charge in [0.2, 0.25) is 5.91 Å². The van der Waals surface area contributed by atoms with Gasteiger partial charge in [0, 0.05) is 29.5 Å². The van der Waals surface area contributed by atoms with Crippen molar-refractivity contribution in [2.75, 3.05) is 11.9 Å². The van der Waals surface area contributed by atoms with E-state index in [1.807, 2.05) is 48.5 Å². The van der Waals surface area contributed by atoms with Crippen LogP contribution >= 0.6 is 15.9 Å². The largest absolute Gasteiger partial charge is 0.457 e. The fourth-order valence-electron chi connectivity index (χ4n) is 3.43. The zero-order valence-corrected chi connectivity index (χ0v) is 17.9. The molecule has 1 unspecified atom stereocenters. The van der Waals surface area contributed by atoms with Crippen LogP contribution in [0.4, 0.5) is 5.69 Å². The molecule has 0 saturated heterocycles. The highest BCUT2D eigenvalue weighted by atomic mass is 79.9. The third-order valence-electron chi connectivity index (χ3n) is 4.99. The van der Waals surface area contributed by atoms with Crippen molar-refractivity contribution in [1.82, 2.24) is 10.3 Å². The molecule has 0 spiro atoms. The molecule has 0 aliphatic carbocycles. The number of likely N-dealkylation sites (N-methyl/N-ethyl adjacent to an activating group) is 1. The maximum atomic E-state index is 12.9. The Morgan fingerprint density at radius 1 is 1.13 bits per heavy atom. The molecule has 30 heavy (non-hydrogen) atoms. The number of carbonyl (C=O) groups is 2. The topological polar surface area (TPSA) is 71.5 Å². The number of nitrogens with zero attached hydrogens (tertiary/aromatic N) is 2. The Morgan fingerprint density at radius 2 is 1.93 bits per heavy atom. The van der Waals surface area contributed by atoms with E-state index >= 15 is 0 Å². The van der Waals surface area contributed by atoms with E-state index < -0.39 is 11.9 Å². The van der Waals surface area contributed by atoms with Crippen molar-refractivity contribution in [3.05, 3.63) is 82.6 Å². The van der Waals surface area contributed by atoms with Gasteiger partial charge in [0.1, 0.15) is 23.2 Å². The van der Waals surface area contributed by atoms with Crippen LogP contribution in [0.3, 0.4) is 0 Å². The summed E-state index contributed by atoms with van der Waals surface area (Å²) in [6, 6.07) is 17.8. The molecule has 7 heteroatoms. The fourth-order valence-corrected chi connectivity index (χ4v) is 3.77. The first-order valence-corrected chi connectivity index (χ1v) is 10.4. The number of carbonyl (C=O) groups excluding carboxylic acids is 2. The van der Waals surface area contributed by atoms with Crippen molar-refractivity contribution < 1.29 is 14.3 Å². The lowest BCUT2D eigenvalue weighted by Crippen LogP contribution is -2.46. The molecule has 2 heterocycles. The summed E-state index contributed by atoms with van der Waals surface area (Å²) in [6.45, 7) is 0. The van der Waals surface area contributed by atoms with E-state index in [-0.39, 0.29) is 11.6 Å². The number of halogens is 1. The van der Waals surface area contributed by atoms with Crippen molar-refractivity contribution in [3.63, 3.8) is 0 Å². The van der Waals surface area contributed by atoms with E-state index in [1.165, 1.54) is 6.20 Å². The molecular weight excluding hydrogens is 446 g/mol. The summed E-state index contributed by atoms with van der Waals surface area (Å²) in [5.41, 5.74) is 2.12. The molecule has 0 radical (unpaired) electrons. The second-order valence-corrected chi connectivity index (χ2v) is 7.94. The van der Waals surface area contributed by atoms with Gasteiger partial charge in [-0.1, -0.05) is 40.2 Å². The van der Waals surface area contributed by atoms with E-state index in [2.05, 4.69) is 26.2 Å². The second-order valence-electron chi connectivity index (χ2n) is 7.03. The van der Waals surface area contributed by atoms with Crippen LogP contribution in [-0.4, -0.2) is 29.9 Å². The number of hydrogen-bond acceptors (Lipinski definition) is 4. The number of fused-ring (bicyclic) bond motifs is 1. The molecule has 1 atom stereocenters. The van der Waals surface area contributed by atoms with Gasteiger partial charge in [-0.25, -0.2) is 0 Å². The zero-order valence-electron chi connectivity index (χ0n) is 16.3. The molecular formula is C23H20BrN3O3. The predicted octanol–water partition coefficient (Wildman–Crippen LogP) is 4.34. The minimum Gasteiger partial charge on any atom is -0.457 e. The number of anilines is 1. The number of hydrogen-bond donors (Lipinski definition) is 1. The number of benzene rings is 2. The quantitative estimate of drug-likeness (QED) is 0.621. The van der Waals surface area contributed by atoms with Crippen molar-refractivity contribution in [3.8, 4) is 11.5 Å². The van der Waals surface area contributed by atoms with Gasteiger partial charge in [-0.05, 0) is 48.7 Å². The van der Waals surface area contributed by atoms with Crippen LogP contribution in [0.2, 0.25) is 0 Å². The lowest BCUT2D eigenvalue weighted by molar-refractivity contribution is -0.120. The van der Waals surface area contributed by atoms with Crippen molar-refractivity contribution >= 4 is 33.4 Å². The Hall–Kier alpha value is -3.19. The van der Waals surface area contributed by atoms with Gasteiger partial charge in [0.15, 0.2) is 0 Å². The summed E-state index contributed by atoms with van der Waals surface area (Å²) in [5.74, 6) is 0.603. The molecule has 3 aromatic rings. The van der Waals surface area contributed by atoms with Crippen molar-refractivity contribution in [1.29, 1.82) is 0 Å². The van der Waals surface area contributed by atoms with E-state index in [9.17, 15) is 9.59 Å². The van der Waals surface area contributed by atoms with Gasteiger partial charge in [-0.15, -0.1) is 0 Å². The normalized spacial score (nSPS) is 15.9. The van der Waals surface area contributed by atoms with Gasteiger partial charge in [-0.3, -0.25) is 14.6 Å². The van der Waals surface area contributed by atoms with Gasteiger partial charge in [0.05, 0.1) is 0 Å². The third-order valence-corrected chi connectivity index (χ3v) is 5.48. The average molecular weight is 466 g/mol. The molecule has 1 aliphatic rings. The van der Waals surface area contributed by atoms with E-state index in [4.69, 9.17) is 4.74 Å². The van der Waals surface area contributed by atoms with Crippen molar-refractivity contribution in [2.24, 2.45) is 0 Å². The van der Waals surface area contributed by atoms with Gasteiger partial charge < -0.3 is 15.0 Å². The molecule has 1 aliphatic heterocycles. The van der Waals surface area contributed by atoms with Gasteiger partial charge in [-0.2, -0.15) is 0 Å². The van der Waals surface area contributed by atoms with E-state index in [0.29, 0.717) is 24.3 Å². The standard InChI is InChI=1S/C23H20BrN3O3/c1-27-21-13-16(24)9-7-15(21)8-10-19(23(27)29)26-22(28)20-14-18(11-12-25-20)30-17-5-3-2-4-6-17/h2-7,9,11-14,19H,8,10H2,1H3,(H,26,28). The summed E-state index contributed by atoms with van der Waals surface area (Å²) in [7, 11) is 1.73. The third kappa shape index (κ3) is 4.36. The molecule has 4 rings (SSSR count). The Bertz CT molecular complexity index is 1090. The molecule has 0 fully saturated rings. The van der Waals surface area contributed by atoms with E-state index in [0.717, 1.165) is 15.7 Å². The summed E-state index contributed by atoms with van der Waals surface area (Å²) in [4.78, 5) is 31.5. The Balaban J connectivity index is 1.49. The van der Waals surface area contributed by atoms with Gasteiger partial charge >= 0.3 is 0 Å². The molecule has 6 nitrogen and oxygen atoms in total. The van der Waals surface area contributed by atoms with Gasteiger partial charge in [0.25, 0.3) is 5.91 Å². The monoisotopic (exact) mass is 465 g/mol. The number of aryl methyl sites for hydroxylation is 1. The number of pyridine rings is 1. The minimum absolute atomic E-state index is 0.156. The number of amides is 2. The lowest BCUT2D eigenvalue weighted by Gasteiger charge is -2.22. The Labute approximate surface area is 183 Å². The molecule has 0 bridgehead atoms. The number of ether oxygens (including phenoxy) is 1. The SMILES string of the molecule is CN1C(=O)C(NC(=O)c2cc(Oc3ccccc3)ccn2)CCc2ccc(Br)cc21. The first-order chi connectivity index (χ1) is 14.5. The molecule has 2 amide bonds. The fraction of sp³-hybridized carbons (Fsp3) is 0.174. The highest BCUT2D eigenvalue weighted by Crippen LogP contribution is 2.29. The highest BCUT2D eigenvalue weighted by Gasteiger charge is 2.30. The van der Waals surface area contributed by atoms with Crippen molar-refractivity contribution in [2.45, 2.75) is 18.9 Å². The number of para-hydroxylation sites is 1. The van der Waals surface area contributed by atoms with Crippen LogP contribution in [0.1, 0.15) is 22.5 Å². The number of aromatic nitrogens is 1. The molecule has 0 saturated carbocycles. The van der Waals surface area contributed by atoms with Crippen LogP contribution in [0.15, 0.2) is 71.3 Å². The summed E-state index contributed by atoms with van der Waals surface area (Å²) < 4.78 is 6.68. The first-order valence-electron chi connectivity index (χ1n) is 9.57. The Morgan fingerprint density at radius 3 is 2.73 bits per heavy atom. The molecule has 2 aromatic carbocycles. The van der Waals surface area contributed by atoms with Crippen LogP contribution < -0.4 is 15.0 Å². The number of nitrogens with one attached hydrogen (secondary N) is 1. The molecule has 1 aromatic heterocycles. The summed E-state index contributed by atoms with van der Waals surface area (Å²) in [5, 5.41) is 2.84. The minimum atomic E-state index is -0.630. The number of rotatable bonds is 4. The van der Waals surface area contributed by atoms with Crippen LogP contribution in [0.5, 0.6) is 11.5 Å². The average Bonchev–Trinajstić information content (AvgIpc) is 2.87. The predicted molar refractivity (Wildman–Crippen MR) is 118 cm³/mol. The molecule has 1 N–H and O–H groups in total. The highest BCUT2D eigenvalue weighted by molar-refractivity contribution is 9.10. The van der Waals surface area contributed by atoms with Crippen LogP contribution in [0, 0.1) is 0 Å². The lowest BCUT2D eigenvalue weighted by atomic mass is 10.1. The second kappa shape index (κ2) is 8.67. The maximum Gasteiger partial charge on any atom is 0.270 e. The smallest absolute Gasteiger partial charge is 0.270 e. The summed E-state index contributed by atoms with van der Waals surface area (Å²) in [6.07, 6.45) is 2.72. The Kier molecular flexibility index (Phi) is 5.81. The zero-order chi connectivity index (χ0) is 21.1.